The van der Waals surface area contributed by atoms with Crippen LogP contribution < -0.4 is 20.5 Å². The van der Waals surface area contributed by atoms with Crippen molar-refractivity contribution in [2.45, 2.75) is 119 Å². The Morgan fingerprint density at radius 1 is 0.402 bits per heavy atom. The Balaban J connectivity index is 0.00000838. The van der Waals surface area contributed by atoms with Gasteiger partial charge in [-0.15, -0.1) is 11.4 Å². The summed E-state index contributed by atoms with van der Waals surface area (Å²) in [5.41, 5.74) is 19.7. The van der Waals surface area contributed by atoms with Gasteiger partial charge in [0.15, 0.2) is 0 Å². The minimum atomic E-state index is -0.337. The maximum atomic E-state index is 12.6. The van der Waals surface area contributed by atoms with Crippen LogP contribution >= 0.6 is 0 Å². The summed E-state index contributed by atoms with van der Waals surface area (Å²) in [5.74, 6) is -0.675. The number of ether oxygens (including phenoxy) is 2. The fraction of sp³-hybridized carbons (Fsp3) is 0.256. The number of aliphatic imine (C=N–C) groups is 3. The number of rotatable bonds is 8. The molecule has 8 nitrogen and oxygen atoms in total. The van der Waals surface area contributed by atoms with Gasteiger partial charge in [-0.1, -0.05) is 223 Å². The molecule has 0 unspecified atom stereocenters. The average molecular weight is 1200 g/mol. The van der Waals surface area contributed by atoms with Crippen LogP contribution in [-0.2, 0) is 50.6 Å². The summed E-state index contributed by atoms with van der Waals surface area (Å²) in [6.45, 7) is 31.5. The molecule has 11 rings (SSSR count). The topological polar surface area (TPSA) is 110 Å². The van der Waals surface area contributed by atoms with Crippen molar-refractivity contribution in [2.75, 3.05) is 13.2 Å². The first kappa shape index (κ1) is 61.6. The van der Waals surface area contributed by atoms with Crippen LogP contribution in [-0.4, -0.2) is 36.3 Å². The summed E-state index contributed by atoms with van der Waals surface area (Å²) >= 11 is 0. The molecule has 0 spiro atoms. The molecular formula is C78H76N4O4Zn. The van der Waals surface area contributed by atoms with E-state index >= 15 is 0 Å². The van der Waals surface area contributed by atoms with Crippen molar-refractivity contribution >= 4 is 51.3 Å². The predicted octanol–water partition coefficient (Wildman–Crippen LogP) is 15.3. The molecule has 87 heavy (non-hydrogen) atoms. The fourth-order valence-corrected chi connectivity index (χ4v) is 11.2. The van der Waals surface area contributed by atoms with Gasteiger partial charge in [0.2, 0.25) is 0 Å². The Morgan fingerprint density at radius 2 is 0.759 bits per heavy atom. The second kappa shape index (κ2) is 24.0. The number of carbonyl (C=O) groups is 1. The third kappa shape index (κ3) is 12.8. The van der Waals surface area contributed by atoms with Crippen molar-refractivity contribution in [1.29, 1.82) is 0 Å². The Morgan fingerprint density at radius 3 is 1.20 bits per heavy atom. The van der Waals surface area contributed by atoms with Crippen molar-refractivity contribution in [3.63, 3.8) is 0 Å². The number of carbonyl (C=O) groups excluding carboxylic acids is 1. The normalized spacial score (nSPS) is 15.0. The Kier molecular flexibility index (Phi) is 17.0. The molecule has 5 heterocycles. The Hall–Kier alpha value is -8.52. The van der Waals surface area contributed by atoms with E-state index in [1.807, 2.05) is 62.4 Å². The molecular weight excluding hydrogens is 1120 g/mol. The number of hydrogen-bond acceptors (Lipinski definition) is 7. The summed E-state index contributed by atoms with van der Waals surface area (Å²) in [4.78, 5) is 35.3. The second-order valence-electron chi connectivity index (χ2n) is 26.7. The van der Waals surface area contributed by atoms with Crippen LogP contribution in [0.5, 0.6) is 0 Å². The van der Waals surface area contributed by atoms with Crippen LogP contribution in [0.1, 0.15) is 158 Å². The van der Waals surface area contributed by atoms with E-state index in [0.29, 0.717) is 24.0 Å². The summed E-state index contributed by atoms with van der Waals surface area (Å²) in [7, 11) is 0. The molecule has 0 aliphatic carbocycles. The molecule has 0 saturated heterocycles. The van der Waals surface area contributed by atoms with Gasteiger partial charge in [0.05, 0.1) is 52.3 Å². The average Bonchev–Trinajstić information content (AvgIpc) is 4.51. The molecule has 8 bridgehead atoms. The van der Waals surface area contributed by atoms with Crippen LogP contribution in [0.2, 0.25) is 0 Å². The Labute approximate surface area is 525 Å². The maximum Gasteiger partial charge on any atom is 2.00 e. The van der Waals surface area contributed by atoms with Gasteiger partial charge in [-0.05, 0) is 166 Å². The third-order valence-corrected chi connectivity index (χ3v) is 16.3. The van der Waals surface area contributed by atoms with Crippen molar-refractivity contribution in [3.8, 4) is 11.1 Å². The number of benzene rings is 6. The van der Waals surface area contributed by atoms with Gasteiger partial charge >= 0.3 is 25.4 Å². The molecule has 9 heteroatoms. The number of aromatic nitrogens is 1. The van der Waals surface area contributed by atoms with Crippen LogP contribution in [0.4, 0.5) is 0 Å². The van der Waals surface area contributed by atoms with Crippen LogP contribution in [0.25, 0.3) is 39.4 Å². The summed E-state index contributed by atoms with van der Waals surface area (Å²) < 4.78 is 10.6. The summed E-state index contributed by atoms with van der Waals surface area (Å²) in [6.07, 6.45) is 12.8. The number of fused-ring (bicyclic) bond motifs is 5. The number of hydrogen-bond donors (Lipinski definition) is 0. The van der Waals surface area contributed by atoms with Gasteiger partial charge in [-0.3, -0.25) is 0 Å². The minimum absolute atomic E-state index is 0. The summed E-state index contributed by atoms with van der Waals surface area (Å²) in [6, 6.07) is 50.5. The second-order valence-corrected chi connectivity index (χ2v) is 26.7. The standard InChI is InChI=1S/C78H78N4O4.Zn/c1-15-85-73(83)53-29-21-49(22-30-53)47-17-25-51(26-18-47)69-61-33-37-65(79-61)71(55-41-57(75(3,4)5)45-58(42-55)76(6,7)8)67-39-35-63(81-67)70(52-27-19-48(20-28-52)50-23-31-54(32-24-50)74(84)86-16-2)64-36-40-68(82-64)72(66-38-34-62(69)80-66)56-43-59(77(9,10)11)46-60(44-56)78(12,13)14;/h17-46H,15-16H2,1-14H3,(H2,79,80,81,82,83,84);/q;+2/p-2. The zero-order valence-electron chi connectivity index (χ0n) is 52.9. The number of allylic oxidation sites excluding steroid dienone is 8. The number of nitrogens with zero attached hydrogens (tertiary/aromatic N) is 4. The van der Waals surface area contributed by atoms with Gasteiger partial charge in [0.25, 0.3) is 0 Å². The van der Waals surface area contributed by atoms with Crippen molar-refractivity contribution in [1.82, 2.24) is 4.98 Å². The van der Waals surface area contributed by atoms with E-state index < -0.39 is 0 Å². The largest absolute Gasteiger partial charge is 2.00 e. The molecule has 0 saturated carbocycles. The zero-order chi connectivity index (χ0) is 61.0. The van der Waals surface area contributed by atoms with E-state index in [1.54, 1.807) is 0 Å². The smallest absolute Gasteiger partial charge is 0.657 e. The molecule has 0 radical (unpaired) electrons. The molecule has 4 aliphatic heterocycles. The van der Waals surface area contributed by atoms with Crippen LogP contribution in [0.3, 0.4) is 0 Å². The minimum Gasteiger partial charge on any atom is -0.657 e. The van der Waals surface area contributed by atoms with Gasteiger partial charge < -0.3 is 19.6 Å². The van der Waals surface area contributed by atoms with E-state index in [-0.39, 0.29) is 53.1 Å². The SMILES string of the molecule is CCOC(=O)c1ccc(-c2ccc(C3=C4C=CC(=N4)C(c4cc(C(C)(C)C)cc(C(C)(C)C)c4)=C4C=CC(=N4)C(=c4ccc(=c5ccc(=C([O-])OCC)cc5)cc4)c4ccc([n-]4)C(c4cc(C(C)(C)C)cc(C(C)(C)C)c4)=C4C=CC3=N4)cc2)cc1.[Zn+2]. The van der Waals surface area contributed by atoms with Gasteiger partial charge in [-0.25, -0.2) is 19.8 Å². The maximum absolute atomic E-state index is 12.6. The molecule has 7 aromatic rings. The fourth-order valence-electron chi connectivity index (χ4n) is 11.2. The molecule has 4 aliphatic rings. The van der Waals surface area contributed by atoms with Crippen molar-refractivity contribution in [3.05, 3.63) is 276 Å². The predicted molar refractivity (Wildman–Crippen MR) is 352 cm³/mol. The number of esters is 1. The first-order chi connectivity index (χ1) is 40.8. The monoisotopic (exact) mass is 1200 g/mol. The third-order valence-electron chi connectivity index (χ3n) is 16.3. The van der Waals surface area contributed by atoms with E-state index in [2.05, 4.69) is 217 Å². The first-order valence-corrected chi connectivity index (χ1v) is 30.0. The van der Waals surface area contributed by atoms with Crippen LogP contribution in [0, 0.1) is 10.4 Å². The molecule has 1 aromatic heterocycles. The first-order valence-electron chi connectivity index (χ1n) is 30.0. The Bertz CT molecular complexity index is 4340. The van der Waals surface area contributed by atoms with Gasteiger partial charge in [0.1, 0.15) is 0 Å². The summed E-state index contributed by atoms with van der Waals surface area (Å²) in [5, 5.41) is 16.0. The quantitative estimate of drug-likeness (QED) is 0.111. The van der Waals surface area contributed by atoms with E-state index in [4.69, 9.17) is 29.4 Å². The van der Waals surface area contributed by atoms with E-state index in [1.165, 1.54) is 22.3 Å². The molecule has 0 amide bonds. The zero-order valence-corrected chi connectivity index (χ0v) is 55.8. The van der Waals surface area contributed by atoms with E-state index in [0.717, 1.165) is 111 Å². The van der Waals surface area contributed by atoms with Crippen molar-refractivity contribution < 1.29 is 38.9 Å². The molecule has 6 aromatic carbocycles. The van der Waals surface area contributed by atoms with Gasteiger partial charge in [0, 0.05) is 11.1 Å². The van der Waals surface area contributed by atoms with Gasteiger partial charge in [-0.2, -0.15) is 0 Å². The molecule has 0 N–H and O–H groups in total. The van der Waals surface area contributed by atoms with Crippen LogP contribution in [0.15, 0.2) is 214 Å². The molecule has 434 valence electrons. The molecule has 0 fully saturated rings. The molecule has 0 atom stereocenters. The van der Waals surface area contributed by atoms with E-state index in [9.17, 15) is 9.90 Å². The van der Waals surface area contributed by atoms with Crippen molar-refractivity contribution in [2.24, 2.45) is 15.0 Å².